The number of esters is 1. The molecule has 8 heteroatoms. The number of fused-ring (bicyclic) bond motifs is 3. The summed E-state index contributed by atoms with van der Waals surface area (Å²) in [7, 11) is 0. The van der Waals surface area contributed by atoms with Crippen LogP contribution in [0.5, 0.6) is 0 Å². The summed E-state index contributed by atoms with van der Waals surface area (Å²) >= 11 is 1.59. The van der Waals surface area contributed by atoms with Gasteiger partial charge in [0.1, 0.15) is 10.7 Å². The van der Waals surface area contributed by atoms with Gasteiger partial charge in [-0.05, 0) is 56.4 Å². The van der Waals surface area contributed by atoms with Gasteiger partial charge in [-0.2, -0.15) is 0 Å². The first-order valence-corrected chi connectivity index (χ1v) is 11.2. The second-order valence-corrected chi connectivity index (χ2v) is 9.48. The molecule has 2 aromatic rings. The number of nitrogens with one attached hydrogen (secondary N) is 2. The number of ether oxygens (including phenoxy) is 1. The summed E-state index contributed by atoms with van der Waals surface area (Å²) in [6.07, 6.45) is 5.66. The lowest BCUT2D eigenvalue weighted by Crippen LogP contribution is -2.37. The summed E-state index contributed by atoms with van der Waals surface area (Å²) in [5, 5.41) is 3.56. The van der Waals surface area contributed by atoms with Crippen molar-refractivity contribution in [2.24, 2.45) is 11.8 Å². The van der Waals surface area contributed by atoms with Crippen LogP contribution < -0.4 is 10.9 Å². The Balaban J connectivity index is 1.33. The fraction of sp³-hybridized carbons (Fsp3) is 0.619. The Morgan fingerprint density at radius 1 is 1.34 bits per heavy atom. The lowest BCUT2D eigenvalue weighted by molar-refractivity contribution is -0.148. The monoisotopic (exact) mass is 417 g/mol. The number of nitrogens with zero attached hydrogens (tertiary/aromatic N) is 1. The second-order valence-electron chi connectivity index (χ2n) is 8.40. The third-order valence-electron chi connectivity index (χ3n) is 5.86. The smallest absolute Gasteiger partial charge is 0.306 e. The maximum absolute atomic E-state index is 12.6. The van der Waals surface area contributed by atoms with Gasteiger partial charge in [0.25, 0.3) is 11.5 Å². The van der Waals surface area contributed by atoms with E-state index in [1.54, 1.807) is 11.3 Å². The Hall–Kier alpha value is -2.22. The summed E-state index contributed by atoms with van der Waals surface area (Å²) in [5.74, 6) is 0.926. The van der Waals surface area contributed by atoms with E-state index in [0.717, 1.165) is 42.5 Å². The van der Waals surface area contributed by atoms with E-state index < -0.39 is 5.97 Å². The van der Waals surface area contributed by atoms with Crippen molar-refractivity contribution in [2.45, 2.75) is 64.8 Å². The van der Waals surface area contributed by atoms with E-state index in [1.807, 2.05) is 6.92 Å². The zero-order chi connectivity index (χ0) is 20.5. The number of thiophene rings is 1. The van der Waals surface area contributed by atoms with Crippen molar-refractivity contribution >= 4 is 33.4 Å². The highest BCUT2D eigenvalue weighted by Gasteiger charge is 2.29. The van der Waals surface area contributed by atoms with Gasteiger partial charge in [0, 0.05) is 17.3 Å². The van der Waals surface area contributed by atoms with Crippen LogP contribution in [-0.2, 0) is 33.6 Å². The summed E-state index contributed by atoms with van der Waals surface area (Å²) in [4.78, 5) is 45.8. The Kier molecular flexibility index (Phi) is 5.72. The fourth-order valence-corrected chi connectivity index (χ4v) is 5.36. The highest BCUT2D eigenvalue weighted by atomic mass is 32.1. The van der Waals surface area contributed by atoms with Gasteiger partial charge in [-0.25, -0.2) is 4.98 Å². The molecule has 0 unspecified atom stereocenters. The summed E-state index contributed by atoms with van der Waals surface area (Å²) < 4.78 is 5.05. The molecule has 4 rings (SSSR count). The third kappa shape index (κ3) is 4.69. The number of hydrogen-bond donors (Lipinski definition) is 2. The molecule has 2 N–H and O–H groups in total. The topological polar surface area (TPSA) is 101 Å². The lowest BCUT2D eigenvalue weighted by atomic mass is 9.89. The predicted molar refractivity (Wildman–Crippen MR) is 111 cm³/mol. The highest BCUT2D eigenvalue weighted by molar-refractivity contribution is 7.18. The zero-order valence-corrected chi connectivity index (χ0v) is 17.7. The van der Waals surface area contributed by atoms with Crippen molar-refractivity contribution < 1.29 is 14.3 Å². The van der Waals surface area contributed by atoms with Gasteiger partial charge in [-0.1, -0.05) is 6.92 Å². The zero-order valence-electron chi connectivity index (χ0n) is 16.9. The van der Waals surface area contributed by atoms with Gasteiger partial charge in [0.05, 0.1) is 11.8 Å². The molecule has 2 atom stereocenters. The van der Waals surface area contributed by atoms with Gasteiger partial charge < -0.3 is 15.0 Å². The molecule has 0 aliphatic heterocycles. The molecule has 2 aliphatic carbocycles. The van der Waals surface area contributed by atoms with Crippen LogP contribution in [0.2, 0.25) is 0 Å². The first-order chi connectivity index (χ1) is 13.9. The molecule has 0 spiro atoms. The van der Waals surface area contributed by atoms with Crippen LogP contribution in [0.1, 0.15) is 55.8 Å². The minimum atomic E-state index is -0.471. The van der Waals surface area contributed by atoms with Crippen LogP contribution in [-0.4, -0.2) is 34.5 Å². The van der Waals surface area contributed by atoms with E-state index in [0.29, 0.717) is 23.0 Å². The van der Waals surface area contributed by atoms with Gasteiger partial charge >= 0.3 is 5.97 Å². The van der Waals surface area contributed by atoms with Gasteiger partial charge in [0.2, 0.25) is 0 Å². The molecule has 0 radical (unpaired) electrons. The minimum absolute atomic E-state index is 0.0715. The third-order valence-corrected chi connectivity index (χ3v) is 7.01. The SMILES string of the molecule is C[C@@H]1CCc2c(sc3nc(CCC(=O)OCC(=O)N[C@@H](C)C4CC4)[nH]c(=O)c23)C1. The maximum Gasteiger partial charge on any atom is 0.306 e. The normalized spacial score (nSPS) is 19.6. The van der Waals surface area contributed by atoms with Crippen molar-refractivity contribution in [2.75, 3.05) is 6.61 Å². The number of carbonyl (C=O) groups is 2. The summed E-state index contributed by atoms with van der Waals surface area (Å²) in [6, 6.07) is 0.127. The molecule has 156 valence electrons. The van der Waals surface area contributed by atoms with E-state index in [2.05, 4.69) is 22.2 Å². The predicted octanol–water partition coefficient (Wildman–Crippen LogP) is 2.50. The molecule has 0 bridgehead atoms. The van der Waals surface area contributed by atoms with Crippen LogP contribution in [0.3, 0.4) is 0 Å². The standard InChI is InChI=1S/C21H27N3O4S/c1-11-3-6-14-15(9-11)29-21-19(14)20(27)23-16(24-21)7-8-18(26)28-10-17(25)22-12(2)13-4-5-13/h11-13H,3-10H2,1-2H3,(H,22,25)(H,23,24,27)/t11-,12+/m1/s1. The number of hydrogen-bond acceptors (Lipinski definition) is 6. The largest absolute Gasteiger partial charge is 0.456 e. The van der Waals surface area contributed by atoms with Crippen molar-refractivity contribution in [3.8, 4) is 0 Å². The minimum Gasteiger partial charge on any atom is -0.456 e. The molecule has 1 fully saturated rings. The molecule has 29 heavy (non-hydrogen) atoms. The van der Waals surface area contributed by atoms with Crippen LogP contribution >= 0.6 is 11.3 Å². The fourth-order valence-electron chi connectivity index (χ4n) is 3.96. The number of aryl methyl sites for hydroxylation is 2. The van der Waals surface area contributed by atoms with Gasteiger partial charge in [-0.15, -0.1) is 11.3 Å². The van der Waals surface area contributed by atoms with E-state index >= 15 is 0 Å². The Morgan fingerprint density at radius 2 is 2.14 bits per heavy atom. The van der Waals surface area contributed by atoms with E-state index in [4.69, 9.17) is 4.74 Å². The van der Waals surface area contributed by atoms with E-state index in [1.165, 1.54) is 4.88 Å². The van der Waals surface area contributed by atoms with Crippen molar-refractivity contribution in [3.05, 3.63) is 26.6 Å². The molecule has 1 saturated carbocycles. The van der Waals surface area contributed by atoms with Crippen molar-refractivity contribution in [1.29, 1.82) is 0 Å². The first-order valence-electron chi connectivity index (χ1n) is 10.4. The number of amides is 1. The molecular weight excluding hydrogens is 390 g/mol. The van der Waals surface area contributed by atoms with E-state index in [-0.39, 0.29) is 37.0 Å². The van der Waals surface area contributed by atoms with E-state index in [9.17, 15) is 14.4 Å². The van der Waals surface area contributed by atoms with Gasteiger partial charge in [-0.3, -0.25) is 14.4 Å². The van der Waals surface area contributed by atoms with Crippen molar-refractivity contribution in [1.82, 2.24) is 15.3 Å². The Bertz CT molecular complexity index is 992. The lowest BCUT2D eigenvalue weighted by Gasteiger charge is -2.17. The molecule has 2 aromatic heterocycles. The van der Waals surface area contributed by atoms with Crippen LogP contribution in [0, 0.1) is 11.8 Å². The number of aromatic amines is 1. The van der Waals surface area contributed by atoms with Crippen molar-refractivity contribution in [3.63, 3.8) is 0 Å². The molecule has 2 aliphatic rings. The average molecular weight is 418 g/mol. The molecule has 1 amide bonds. The first kappa shape index (κ1) is 20.1. The number of rotatable bonds is 7. The highest BCUT2D eigenvalue weighted by Crippen LogP contribution is 2.35. The maximum atomic E-state index is 12.6. The van der Waals surface area contributed by atoms with Crippen LogP contribution in [0.4, 0.5) is 0 Å². The molecule has 0 saturated heterocycles. The van der Waals surface area contributed by atoms with Crippen LogP contribution in [0.15, 0.2) is 4.79 Å². The molecule has 2 heterocycles. The quantitative estimate of drug-likeness (QED) is 0.674. The Labute approximate surface area is 173 Å². The summed E-state index contributed by atoms with van der Waals surface area (Å²) in [6.45, 7) is 3.93. The average Bonchev–Trinajstić information content (AvgIpc) is 3.46. The van der Waals surface area contributed by atoms with Gasteiger partial charge in [0.15, 0.2) is 6.61 Å². The summed E-state index contributed by atoms with van der Waals surface area (Å²) in [5.41, 5.74) is 1.02. The van der Waals surface area contributed by atoms with Crippen LogP contribution in [0.25, 0.3) is 10.2 Å². The Morgan fingerprint density at radius 3 is 2.90 bits per heavy atom. The second kappa shape index (κ2) is 8.26. The number of aromatic nitrogens is 2. The number of carbonyl (C=O) groups excluding carboxylic acids is 2. The number of H-pyrrole nitrogens is 1. The molecular formula is C21H27N3O4S. The molecule has 0 aromatic carbocycles. The molecule has 7 nitrogen and oxygen atoms in total.